The van der Waals surface area contributed by atoms with Crippen LogP contribution in [0.4, 0.5) is 5.69 Å². The summed E-state index contributed by atoms with van der Waals surface area (Å²) >= 11 is 0. The third-order valence-corrected chi connectivity index (χ3v) is 3.66. The molecule has 0 spiro atoms. The lowest BCUT2D eigenvalue weighted by Gasteiger charge is -2.34. The fourth-order valence-corrected chi connectivity index (χ4v) is 2.51. The predicted octanol–water partition coefficient (Wildman–Crippen LogP) is 2.24. The van der Waals surface area contributed by atoms with Crippen molar-refractivity contribution in [3.05, 3.63) is 23.3 Å². The molecule has 0 saturated carbocycles. The van der Waals surface area contributed by atoms with Gasteiger partial charge in [0.15, 0.2) is 0 Å². The average molecular weight is 234 g/mol. The zero-order valence-corrected chi connectivity index (χ0v) is 11.0. The number of piperidine rings is 1. The van der Waals surface area contributed by atoms with Crippen LogP contribution in [0.5, 0.6) is 5.75 Å². The van der Waals surface area contributed by atoms with Gasteiger partial charge in [0.05, 0.1) is 12.8 Å². The molecule has 1 unspecified atom stereocenters. The normalized spacial score (nSPS) is 20.5. The number of hydrogen-bond donors (Lipinski definition) is 1. The van der Waals surface area contributed by atoms with Crippen molar-refractivity contribution in [3.63, 3.8) is 0 Å². The van der Waals surface area contributed by atoms with Gasteiger partial charge in [0.25, 0.3) is 0 Å². The summed E-state index contributed by atoms with van der Waals surface area (Å²) in [7, 11) is 1.75. The Balaban J connectivity index is 2.34. The summed E-state index contributed by atoms with van der Waals surface area (Å²) in [6, 6.07) is 4.60. The number of nitrogens with zero attached hydrogens (tertiary/aromatic N) is 1. The van der Waals surface area contributed by atoms with Crippen LogP contribution < -0.4 is 15.4 Å². The van der Waals surface area contributed by atoms with Crippen LogP contribution in [0.15, 0.2) is 12.1 Å². The van der Waals surface area contributed by atoms with Crippen molar-refractivity contribution in [2.24, 2.45) is 5.73 Å². The van der Waals surface area contributed by atoms with Crippen molar-refractivity contribution < 1.29 is 4.74 Å². The molecule has 94 valence electrons. The molecule has 1 heterocycles. The number of rotatable bonds is 2. The fraction of sp³-hybridized carbons (Fsp3) is 0.571. The molecule has 3 nitrogen and oxygen atoms in total. The van der Waals surface area contributed by atoms with E-state index in [1.165, 1.54) is 16.8 Å². The van der Waals surface area contributed by atoms with Crippen LogP contribution in [-0.2, 0) is 0 Å². The molecule has 1 fully saturated rings. The maximum atomic E-state index is 6.04. The van der Waals surface area contributed by atoms with Gasteiger partial charge in [0.1, 0.15) is 5.75 Å². The summed E-state index contributed by atoms with van der Waals surface area (Å²) in [6.07, 6.45) is 2.29. The molecule has 1 atom stereocenters. The highest BCUT2D eigenvalue weighted by Crippen LogP contribution is 2.34. The molecular formula is C14H22N2O. The van der Waals surface area contributed by atoms with Crippen molar-refractivity contribution in [1.82, 2.24) is 0 Å². The highest BCUT2D eigenvalue weighted by atomic mass is 16.5. The van der Waals surface area contributed by atoms with E-state index in [9.17, 15) is 0 Å². The van der Waals surface area contributed by atoms with Crippen molar-refractivity contribution in [2.45, 2.75) is 32.7 Å². The minimum Gasteiger partial charge on any atom is -0.494 e. The molecule has 0 amide bonds. The number of hydrogen-bond acceptors (Lipinski definition) is 3. The highest BCUT2D eigenvalue weighted by Gasteiger charge is 2.20. The zero-order chi connectivity index (χ0) is 12.4. The van der Waals surface area contributed by atoms with E-state index in [-0.39, 0.29) is 6.04 Å². The summed E-state index contributed by atoms with van der Waals surface area (Å²) in [5.74, 6) is 0.999. The Morgan fingerprint density at radius 1 is 1.35 bits per heavy atom. The molecule has 1 aromatic carbocycles. The largest absolute Gasteiger partial charge is 0.494 e. The Kier molecular flexibility index (Phi) is 3.57. The molecule has 1 aromatic rings. The zero-order valence-electron chi connectivity index (χ0n) is 11.0. The standard InChI is InChI=1S/C14H22N2O/c1-10-6-7-13(14(17-3)11(10)2)16-8-4-5-12(15)9-16/h6-7,12H,4-5,8-9,15H2,1-3H3. The third kappa shape index (κ3) is 2.39. The Bertz CT molecular complexity index is 403. The minimum absolute atomic E-state index is 0.287. The molecule has 1 saturated heterocycles. The lowest BCUT2D eigenvalue weighted by atomic mass is 10.0. The Morgan fingerprint density at radius 3 is 2.76 bits per heavy atom. The SMILES string of the molecule is COc1c(N2CCCC(N)C2)ccc(C)c1C. The molecule has 17 heavy (non-hydrogen) atoms. The van der Waals surface area contributed by atoms with Crippen molar-refractivity contribution in [3.8, 4) is 5.75 Å². The first-order valence-electron chi connectivity index (χ1n) is 6.28. The molecule has 0 aliphatic carbocycles. The molecule has 3 heteroatoms. The number of aryl methyl sites for hydroxylation is 1. The summed E-state index contributed by atoms with van der Waals surface area (Å²) in [6.45, 7) is 6.23. The van der Waals surface area contributed by atoms with Gasteiger partial charge in [-0.25, -0.2) is 0 Å². The van der Waals surface area contributed by atoms with Gasteiger partial charge >= 0.3 is 0 Å². The molecule has 2 rings (SSSR count). The summed E-state index contributed by atoms with van der Waals surface area (Å²) in [4.78, 5) is 2.35. The van der Waals surface area contributed by atoms with Gasteiger partial charge in [0, 0.05) is 19.1 Å². The second-order valence-corrected chi connectivity index (χ2v) is 4.91. The van der Waals surface area contributed by atoms with E-state index in [1.54, 1.807) is 7.11 Å². The van der Waals surface area contributed by atoms with Crippen LogP contribution in [0.1, 0.15) is 24.0 Å². The first-order chi connectivity index (χ1) is 8.13. The monoisotopic (exact) mass is 234 g/mol. The lowest BCUT2D eigenvalue weighted by molar-refractivity contribution is 0.407. The first-order valence-corrected chi connectivity index (χ1v) is 6.28. The molecular weight excluding hydrogens is 212 g/mol. The molecule has 2 N–H and O–H groups in total. The van der Waals surface area contributed by atoms with Gasteiger partial charge in [-0.05, 0) is 43.9 Å². The molecule has 1 aliphatic rings. The molecule has 0 radical (unpaired) electrons. The van der Waals surface area contributed by atoms with E-state index in [1.807, 2.05) is 0 Å². The van der Waals surface area contributed by atoms with E-state index < -0.39 is 0 Å². The van der Waals surface area contributed by atoms with Crippen LogP contribution in [0.2, 0.25) is 0 Å². The van der Waals surface area contributed by atoms with Gasteiger partial charge < -0.3 is 15.4 Å². The second-order valence-electron chi connectivity index (χ2n) is 4.91. The summed E-state index contributed by atoms with van der Waals surface area (Å²) < 4.78 is 5.56. The molecule has 1 aliphatic heterocycles. The van der Waals surface area contributed by atoms with Crippen LogP contribution in [-0.4, -0.2) is 26.2 Å². The van der Waals surface area contributed by atoms with E-state index in [4.69, 9.17) is 10.5 Å². The summed E-state index contributed by atoms with van der Waals surface area (Å²) in [5.41, 5.74) is 9.72. The van der Waals surface area contributed by atoms with Gasteiger partial charge in [-0.2, -0.15) is 0 Å². The van der Waals surface area contributed by atoms with E-state index in [0.29, 0.717) is 0 Å². The van der Waals surface area contributed by atoms with E-state index >= 15 is 0 Å². The van der Waals surface area contributed by atoms with Gasteiger partial charge in [0.2, 0.25) is 0 Å². The van der Waals surface area contributed by atoms with Crippen LogP contribution >= 0.6 is 0 Å². The fourth-order valence-electron chi connectivity index (χ4n) is 2.51. The summed E-state index contributed by atoms with van der Waals surface area (Å²) in [5, 5.41) is 0. The maximum Gasteiger partial charge on any atom is 0.145 e. The first kappa shape index (κ1) is 12.2. The van der Waals surface area contributed by atoms with E-state index in [0.717, 1.165) is 31.7 Å². The Morgan fingerprint density at radius 2 is 2.12 bits per heavy atom. The van der Waals surface area contributed by atoms with Gasteiger partial charge in [-0.1, -0.05) is 6.07 Å². The Labute approximate surface area is 104 Å². The number of anilines is 1. The maximum absolute atomic E-state index is 6.04. The van der Waals surface area contributed by atoms with Crippen LogP contribution in [0.3, 0.4) is 0 Å². The average Bonchev–Trinajstić information content (AvgIpc) is 2.32. The number of ether oxygens (including phenoxy) is 1. The third-order valence-electron chi connectivity index (χ3n) is 3.66. The second kappa shape index (κ2) is 4.96. The van der Waals surface area contributed by atoms with Crippen LogP contribution in [0, 0.1) is 13.8 Å². The molecule has 0 aromatic heterocycles. The topological polar surface area (TPSA) is 38.5 Å². The quantitative estimate of drug-likeness (QED) is 0.853. The minimum atomic E-state index is 0.287. The number of methoxy groups -OCH3 is 1. The van der Waals surface area contributed by atoms with Crippen molar-refractivity contribution in [2.75, 3.05) is 25.1 Å². The van der Waals surface area contributed by atoms with Crippen molar-refractivity contribution >= 4 is 5.69 Å². The highest BCUT2D eigenvalue weighted by molar-refractivity contribution is 5.63. The van der Waals surface area contributed by atoms with Gasteiger partial charge in [-0.15, -0.1) is 0 Å². The lowest BCUT2D eigenvalue weighted by Crippen LogP contribution is -2.43. The van der Waals surface area contributed by atoms with E-state index in [2.05, 4.69) is 30.9 Å². The smallest absolute Gasteiger partial charge is 0.145 e. The Hall–Kier alpha value is -1.22. The van der Waals surface area contributed by atoms with Gasteiger partial charge in [-0.3, -0.25) is 0 Å². The predicted molar refractivity (Wildman–Crippen MR) is 71.9 cm³/mol. The van der Waals surface area contributed by atoms with Crippen LogP contribution in [0.25, 0.3) is 0 Å². The number of benzene rings is 1. The van der Waals surface area contributed by atoms with Crippen molar-refractivity contribution in [1.29, 1.82) is 0 Å². The molecule has 0 bridgehead atoms. The number of nitrogens with two attached hydrogens (primary N) is 1.